The number of phenols is 1. The topological polar surface area (TPSA) is 57.5 Å². The van der Waals surface area contributed by atoms with Gasteiger partial charge in [-0.2, -0.15) is 0 Å². The van der Waals surface area contributed by atoms with E-state index in [4.69, 9.17) is 5.11 Å². The Morgan fingerprint density at radius 2 is 1.83 bits per heavy atom. The van der Waals surface area contributed by atoms with Gasteiger partial charge in [-0.3, -0.25) is 4.79 Å². The van der Waals surface area contributed by atoms with Crippen molar-refractivity contribution >= 4 is 28.5 Å². The van der Waals surface area contributed by atoms with Crippen LogP contribution in [0.3, 0.4) is 0 Å². The molecule has 0 amide bonds. The first kappa shape index (κ1) is 12.8. The van der Waals surface area contributed by atoms with Crippen molar-refractivity contribution in [3.63, 3.8) is 0 Å². The van der Waals surface area contributed by atoms with Crippen molar-refractivity contribution in [1.29, 1.82) is 0 Å². The molecule has 0 unspecified atom stereocenters. The van der Waals surface area contributed by atoms with E-state index in [1.807, 2.05) is 30.3 Å². The second-order valence-corrected chi connectivity index (χ2v) is 5.11. The van der Waals surface area contributed by atoms with Gasteiger partial charge in [0, 0.05) is 16.7 Å². The lowest BCUT2D eigenvalue weighted by atomic mass is 10.1. The minimum absolute atomic E-state index is 0.197. The third kappa shape index (κ3) is 2.96. The summed E-state index contributed by atoms with van der Waals surface area (Å²) < 4.78 is 0. The molecule has 18 heavy (non-hydrogen) atoms. The van der Waals surface area contributed by atoms with Gasteiger partial charge in [0.05, 0.1) is 0 Å². The van der Waals surface area contributed by atoms with Crippen LogP contribution in [0.15, 0.2) is 41.3 Å². The molecular weight excluding hydrogens is 248 g/mol. The fourth-order valence-corrected chi connectivity index (χ4v) is 2.79. The number of aliphatic carboxylic acids is 1. The van der Waals surface area contributed by atoms with E-state index in [9.17, 15) is 9.90 Å². The predicted molar refractivity (Wildman–Crippen MR) is 73.2 cm³/mol. The summed E-state index contributed by atoms with van der Waals surface area (Å²) in [4.78, 5) is 11.5. The normalized spacial score (nSPS) is 10.7. The van der Waals surface area contributed by atoms with Gasteiger partial charge >= 0.3 is 5.97 Å². The smallest absolute Gasteiger partial charge is 0.303 e. The summed E-state index contributed by atoms with van der Waals surface area (Å²) in [5, 5.41) is 20.2. The Morgan fingerprint density at radius 1 is 1.11 bits per heavy atom. The van der Waals surface area contributed by atoms with Gasteiger partial charge in [-0.25, -0.2) is 0 Å². The fraction of sp³-hybridized carbons (Fsp3) is 0.214. The molecule has 0 aliphatic carbocycles. The van der Waals surface area contributed by atoms with E-state index < -0.39 is 5.97 Å². The summed E-state index contributed by atoms with van der Waals surface area (Å²) in [5.41, 5.74) is 0. The highest BCUT2D eigenvalue weighted by atomic mass is 32.2. The molecule has 0 aliphatic rings. The van der Waals surface area contributed by atoms with Crippen molar-refractivity contribution in [1.82, 2.24) is 0 Å². The van der Waals surface area contributed by atoms with E-state index in [0.717, 1.165) is 21.4 Å². The maximum Gasteiger partial charge on any atom is 0.303 e. The molecule has 4 heteroatoms. The average Bonchev–Trinajstić information content (AvgIpc) is 2.37. The second kappa shape index (κ2) is 5.78. The van der Waals surface area contributed by atoms with E-state index in [1.165, 1.54) is 0 Å². The first-order valence-corrected chi connectivity index (χ1v) is 6.72. The molecule has 0 fully saturated rings. The molecular formula is C14H14O3S. The second-order valence-electron chi connectivity index (χ2n) is 3.97. The number of phenolic OH excluding ortho intramolecular Hbond substituents is 1. The molecule has 0 aromatic heterocycles. The van der Waals surface area contributed by atoms with Crippen LogP contribution in [0.25, 0.3) is 10.8 Å². The Labute approximate surface area is 109 Å². The quantitative estimate of drug-likeness (QED) is 0.639. The molecule has 2 aromatic carbocycles. The first-order chi connectivity index (χ1) is 8.68. The lowest BCUT2D eigenvalue weighted by Gasteiger charge is -2.07. The predicted octanol–water partition coefficient (Wildman–Crippen LogP) is 3.50. The van der Waals surface area contributed by atoms with Gasteiger partial charge in [-0.05, 0) is 29.7 Å². The maximum atomic E-state index is 10.4. The Morgan fingerprint density at radius 3 is 2.56 bits per heavy atom. The first-order valence-electron chi connectivity index (χ1n) is 5.74. The van der Waals surface area contributed by atoms with Crippen LogP contribution in [0.4, 0.5) is 0 Å². The van der Waals surface area contributed by atoms with Gasteiger partial charge in [0.25, 0.3) is 0 Å². The largest absolute Gasteiger partial charge is 0.507 e. The highest BCUT2D eigenvalue weighted by Gasteiger charge is 2.05. The highest BCUT2D eigenvalue weighted by molar-refractivity contribution is 7.99. The SMILES string of the molecule is O=C(O)CCCSc1ccc(O)c2ccccc12. The minimum Gasteiger partial charge on any atom is -0.507 e. The Bertz CT molecular complexity index is 566. The standard InChI is InChI=1S/C14H14O3S/c15-12-7-8-13(18-9-3-6-14(16)17)11-5-2-1-4-10(11)12/h1-2,4-5,7-8,15H,3,6,9H2,(H,16,17). The van der Waals surface area contributed by atoms with Crippen LogP contribution in [-0.4, -0.2) is 21.9 Å². The van der Waals surface area contributed by atoms with Gasteiger partial charge in [0.2, 0.25) is 0 Å². The number of benzene rings is 2. The van der Waals surface area contributed by atoms with E-state index >= 15 is 0 Å². The number of carbonyl (C=O) groups is 1. The molecule has 0 spiro atoms. The zero-order chi connectivity index (χ0) is 13.0. The van der Waals surface area contributed by atoms with E-state index in [-0.39, 0.29) is 12.2 Å². The van der Waals surface area contributed by atoms with Crippen LogP contribution in [0.5, 0.6) is 5.75 Å². The highest BCUT2D eigenvalue weighted by Crippen LogP contribution is 2.33. The molecule has 0 atom stereocenters. The van der Waals surface area contributed by atoms with Gasteiger partial charge in [-0.1, -0.05) is 24.3 Å². The number of hydrogen-bond acceptors (Lipinski definition) is 3. The lowest BCUT2D eigenvalue weighted by molar-refractivity contribution is -0.137. The van der Waals surface area contributed by atoms with E-state index in [2.05, 4.69) is 0 Å². The van der Waals surface area contributed by atoms with Crippen LogP contribution in [0, 0.1) is 0 Å². The van der Waals surface area contributed by atoms with Crippen molar-refractivity contribution in [3.8, 4) is 5.75 Å². The fourth-order valence-electron chi connectivity index (χ4n) is 1.79. The number of carboxylic acids is 1. The number of fused-ring (bicyclic) bond motifs is 1. The third-order valence-electron chi connectivity index (χ3n) is 2.65. The number of aromatic hydroxyl groups is 1. The van der Waals surface area contributed by atoms with E-state index in [1.54, 1.807) is 17.8 Å². The number of rotatable bonds is 5. The Balaban J connectivity index is 2.14. The van der Waals surface area contributed by atoms with Gasteiger partial charge < -0.3 is 10.2 Å². The molecule has 0 saturated heterocycles. The van der Waals surface area contributed by atoms with Crippen LogP contribution in [-0.2, 0) is 4.79 Å². The monoisotopic (exact) mass is 262 g/mol. The van der Waals surface area contributed by atoms with Gasteiger partial charge in [0.1, 0.15) is 5.75 Å². The van der Waals surface area contributed by atoms with Crippen molar-refractivity contribution in [2.45, 2.75) is 17.7 Å². The summed E-state index contributed by atoms with van der Waals surface area (Å²) in [6, 6.07) is 11.2. The van der Waals surface area contributed by atoms with Crippen LogP contribution in [0.2, 0.25) is 0 Å². The number of hydrogen-bond donors (Lipinski definition) is 2. The molecule has 0 saturated carbocycles. The molecule has 3 nitrogen and oxygen atoms in total. The minimum atomic E-state index is -0.758. The lowest BCUT2D eigenvalue weighted by Crippen LogP contribution is -1.94. The molecule has 0 heterocycles. The summed E-state index contributed by atoms with van der Waals surface area (Å²) in [6.07, 6.45) is 0.845. The van der Waals surface area contributed by atoms with Crippen molar-refractivity contribution in [2.75, 3.05) is 5.75 Å². The molecule has 2 N–H and O–H groups in total. The summed E-state index contributed by atoms with van der Waals surface area (Å²) in [6.45, 7) is 0. The maximum absolute atomic E-state index is 10.4. The Hall–Kier alpha value is -1.68. The van der Waals surface area contributed by atoms with Crippen molar-refractivity contribution < 1.29 is 15.0 Å². The summed E-state index contributed by atoms with van der Waals surface area (Å²) >= 11 is 1.63. The zero-order valence-electron chi connectivity index (χ0n) is 9.80. The molecule has 0 radical (unpaired) electrons. The number of thioether (sulfide) groups is 1. The van der Waals surface area contributed by atoms with Crippen LogP contribution < -0.4 is 0 Å². The van der Waals surface area contributed by atoms with Crippen molar-refractivity contribution in [3.05, 3.63) is 36.4 Å². The molecule has 2 aromatic rings. The van der Waals surface area contributed by atoms with E-state index in [0.29, 0.717) is 6.42 Å². The molecule has 94 valence electrons. The van der Waals surface area contributed by atoms with Crippen molar-refractivity contribution in [2.24, 2.45) is 0 Å². The molecule has 0 aliphatic heterocycles. The van der Waals surface area contributed by atoms with Gasteiger partial charge in [0.15, 0.2) is 0 Å². The summed E-state index contributed by atoms with van der Waals surface area (Å²) in [7, 11) is 0. The van der Waals surface area contributed by atoms with Crippen LogP contribution >= 0.6 is 11.8 Å². The third-order valence-corrected chi connectivity index (χ3v) is 3.81. The summed E-state index contributed by atoms with van der Waals surface area (Å²) in [5.74, 6) is 0.285. The zero-order valence-corrected chi connectivity index (χ0v) is 10.6. The molecule has 0 bridgehead atoms. The Kier molecular flexibility index (Phi) is 4.10. The van der Waals surface area contributed by atoms with Crippen LogP contribution in [0.1, 0.15) is 12.8 Å². The average molecular weight is 262 g/mol. The number of carboxylic acid groups (broad SMARTS) is 1. The van der Waals surface area contributed by atoms with Gasteiger partial charge in [-0.15, -0.1) is 11.8 Å². The molecule has 2 rings (SSSR count).